The Bertz CT molecular complexity index is 281. The lowest BCUT2D eigenvalue weighted by atomic mass is 9.83. The number of nitrogens with two attached hydrogens (primary N) is 1. The largest absolute Gasteiger partial charge is 0.355 e. The van der Waals surface area contributed by atoms with Crippen LogP contribution in [0.25, 0.3) is 0 Å². The van der Waals surface area contributed by atoms with Crippen LogP contribution >= 0.6 is 0 Å². The monoisotopic (exact) mass is 255 g/mol. The molecule has 1 aliphatic carbocycles. The van der Waals surface area contributed by atoms with Crippen molar-refractivity contribution < 1.29 is 9.59 Å². The average Bonchev–Trinajstić information content (AvgIpc) is 2.32. The Labute approximate surface area is 109 Å². The lowest BCUT2D eigenvalue weighted by Crippen LogP contribution is -2.34. The summed E-state index contributed by atoms with van der Waals surface area (Å²) in [5.74, 6) is 0.606. The van der Waals surface area contributed by atoms with Gasteiger partial charge in [-0.3, -0.25) is 9.59 Å². The van der Waals surface area contributed by atoms with Crippen molar-refractivity contribution in [2.45, 2.75) is 51.5 Å². The summed E-state index contributed by atoms with van der Waals surface area (Å²) in [5, 5.41) is 5.45. The van der Waals surface area contributed by atoms with Crippen LogP contribution in [0.3, 0.4) is 0 Å². The van der Waals surface area contributed by atoms with Crippen LogP contribution in [0.2, 0.25) is 0 Å². The number of hydrogen-bond acceptors (Lipinski definition) is 3. The fourth-order valence-electron chi connectivity index (χ4n) is 2.46. The number of carbonyl (C=O) groups is 2. The second kappa shape index (κ2) is 8.08. The number of hydrogen-bond donors (Lipinski definition) is 3. The first-order valence-corrected chi connectivity index (χ1v) is 6.84. The summed E-state index contributed by atoms with van der Waals surface area (Å²) < 4.78 is 0. The lowest BCUT2D eigenvalue weighted by molar-refractivity contribution is -0.122. The van der Waals surface area contributed by atoms with Crippen LogP contribution < -0.4 is 16.4 Å². The SMILES string of the molecule is CC(=O)NCCNC(=O)CCC1CCCC(N)C1. The summed E-state index contributed by atoms with van der Waals surface area (Å²) in [6, 6.07) is 0.326. The van der Waals surface area contributed by atoms with Gasteiger partial charge in [-0.1, -0.05) is 12.8 Å². The van der Waals surface area contributed by atoms with E-state index in [0.717, 1.165) is 19.3 Å². The molecule has 104 valence electrons. The third kappa shape index (κ3) is 6.59. The van der Waals surface area contributed by atoms with Crippen molar-refractivity contribution in [3.8, 4) is 0 Å². The molecule has 0 saturated heterocycles. The molecule has 1 rings (SSSR count). The van der Waals surface area contributed by atoms with Crippen molar-refractivity contribution in [3.05, 3.63) is 0 Å². The van der Waals surface area contributed by atoms with Gasteiger partial charge in [0.15, 0.2) is 0 Å². The van der Waals surface area contributed by atoms with E-state index in [0.29, 0.717) is 31.5 Å². The van der Waals surface area contributed by atoms with E-state index in [-0.39, 0.29) is 11.8 Å². The van der Waals surface area contributed by atoms with Gasteiger partial charge in [-0.2, -0.15) is 0 Å². The first-order chi connectivity index (χ1) is 8.58. The van der Waals surface area contributed by atoms with E-state index in [1.807, 2.05) is 0 Å². The molecule has 0 spiro atoms. The Morgan fingerprint density at radius 3 is 2.61 bits per heavy atom. The summed E-state index contributed by atoms with van der Waals surface area (Å²) in [6.45, 7) is 2.46. The fraction of sp³-hybridized carbons (Fsp3) is 0.846. The fourth-order valence-corrected chi connectivity index (χ4v) is 2.46. The van der Waals surface area contributed by atoms with Crippen LogP contribution in [-0.2, 0) is 9.59 Å². The van der Waals surface area contributed by atoms with Crippen LogP contribution in [0.5, 0.6) is 0 Å². The van der Waals surface area contributed by atoms with Crippen molar-refractivity contribution in [2.75, 3.05) is 13.1 Å². The Morgan fingerprint density at radius 1 is 1.22 bits per heavy atom. The molecule has 1 fully saturated rings. The molecule has 4 N–H and O–H groups in total. The molecular weight excluding hydrogens is 230 g/mol. The number of nitrogens with one attached hydrogen (secondary N) is 2. The highest BCUT2D eigenvalue weighted by atomic mass is 16.2. The first kappa shape index (κ1) is 15.0. The smallest absolute Gasteiger partial charge is 0.220 e. The van der Waals surface area contributed by atoms with Gasteiger partial charge in [0.1, 0.15) is 0 Å². The molecule has 1 saturated carbocycles. The van der Waals surface area contributed by atoms with Crippen molar-refractivity contribution in [1.29, 1.82) is 0 Å². The molecule has 0 aromatic carbocycles. The minimum Gasteiger partial charge on any atom is -0.355 e. The summed E-state index contributed by atoms with van der Waals surface area (Å²) in [6.07, 6.45) is 6.07. The Kier molecular flexibility index (Phi) is 6.72. The molecule has 5 heteroatoms. The molecule has 2 atom stereocenters. The number of amides is 2. The van der Waals surface area contributed by atoms with E-state index in [4.69, 9.17) is 5.73 Å². The molecule has 18 heavy (non-hydrogen) atoms. The standard InChI is InChI=1S/C13H25N3O2/c1-10(17)15-7-8-16-13(18)6-5-11-3-2-4-12(14)9-11/h11-12H,2-9,14H2,1H3,(H,15,17)(H,16,18). The second-order valence-electron chi connectivity index (χ2n) is 5.16. The molecule has 0 bridgehead atoms. The Hall–Kier alpha value is -1.10. The molecule has 0 heterocycles. The molecule has 5 nitrogen and oxygen atoms in total. The van der Waals surface area contributed by atoms with Crippen LogP contribution in [0, 0.1) is 5.92 Å². The van der Waals surface area contributed by atoms with Gasteiger partial charge in [0, 0.05) is 32.5 Å². The molecule has 0 aromatic rings. The highest BCUT2D eigenvalue weighted by molar-refractivity contribution is 5.76. The third-order valence-corrected chi connectivity index (χ3v) is 3.42. The number of carbonyl (C=O) groups excluding carboxylic acids is 2. The maximum Gasteiger partial charge on any atom is 0.220 e. The van der Waals surface area contributed by atoms with Gasteiger partial charge in [-0.05, 0) is 25.2 Å². The highest BCUT2D eigenvalue weighted by Crippen LogP contribution is 2.26. The first-order valence-electron chi connectivity index (χ1n) is 6.84. The Balaban J connectivity index is 2.04. The van der Waals surface area contributed by atoms with E-state index in [1.54, 1.807) is 0 Å². The van der Waals surface area contributed by atoms with E-state index >= 15 is 0 Å². The highest BCUT2D eigenvalue weighted by Gasteiger charge is 2.19. The van der Waals surface area contributed by atoms with Crippen molar-refractivity contribution in [2.24, 2.45) is 11.7 Å². The van der Waals surface area contributed by atoms with E-state index in [1.165, 1.54) is 19.8 Å². The molecule has 0 radical (unpaired) electrons. The van der Waals surface area contributed by atoms with Gasteiger partial charge in [0.2, 0.25) is 11.8 Å². The average molecular weight is 255 g/mol. The van der Waals surface area contributed by atoms with Gasteiger partial charge in [0.05, 0.1) is 0 Å². The Morgan fingerprint density at radius 2 is 1.94 bits per heavy atom. The third-order valence-electron chi connectivity index (χ3n) is 3.42. The predicted molar refractivity (Wildman–Crippen MR) is 70.9 cm³/mol. The quantitative estimate of drug-likeness (QED) is 0.606. The normalized spacial score (nSPS) is 23.4. The van der Waals surface area contributed by atoms with Crippen molar-refractivity contribution >= 4 is 11.8 Å². The van der Waals surface area contributed by atoms with Crippen LogP contribution in [-0.4, -0.2) is 30.9 Å². The van der Waals surface area contributed by atoms with Gasteiger partial charge in [0.25, 0.3) is 0 Å². The molecule has 2 amide bonds. The van der Waals surface area contributed by atoms with E-state index < -0.39 is 0 Å². The van der Waals surface area contributed by atoms with Gasteiger partial charge < -0.3 is 16.4 Å². The van der Waals surface area contributed by atoms with Gasteiger partial charge in [-0.15, -0.1) is 0 Å². The van der Waals surface area contributed by atoms with Gasteiger partial charge >= 0.3 is 0 Å². The van der Waals surface area contributed by atoms with Crippen LogP contribution in [0.4, 0.5) is 0 Å². The number of rotatable bonds is 6. The summed E-state index contributed by atoms with van der Waals surface area (Å²) in [5.41, 5.74) is 5.92. The molecule has 2 unspecified atom stereocenters. The van der Waals surface area contributed by atoms with Crippen molar-refractivity contribution in [3.63, 3.8) is 0 Å². The minimum atomic E-state index is -0.0690. The second-order valence-corrected chi connectivity index (χ2v) is 5.16. The summed E-state index contributed by atoms with van der Waals surface area (Å²) in [7, 11) is 0. The van der Waals surface area contributed by atoms with Crippen LogP contribution in [0.15, 0.2) is 0 Å². The lowest BCUT2D eigenvalue weighted by Gasteiger charge is -2.26. The van der Waals surface area contributed by atoms with E-state index in [2.05, 4.69) is 10.6 Å². The molecule has 0 aromatic heterocycles. The summed E-state index contributed by atoms with van der Waals surface area (Å²) in [4.78, 5) is 22.2. The predicted octanol–water partition coefficient (Wildman–Crippen LogP) is 0.536. The van der Waals surface area contributed by atoms with Crippen molar-refractivity contribution in [1.82, 2.24) is 10.6 Å². The molecular formula is C13H25N3O2. The van der Waals surface area contributed by atoms with Gasteiger partial charge in [-0.25, -0.2) is 0 Å². The summed E-state index contributed by atoms with van der Waals surface area (Å²) >= 11 is 0. The zero-order valence-electron chi connectivity index (χ0n) is 11.2. The molecule has 1 aliphatic rings. The van der Waals surface area contributed by atoms with Crippen LogP contribution in [0.1, 0.15) is 45.4 Å². The zero-order valence-corrected chi connectivity index (χ0v) is 11.2. The maximum atomic E-state index is 11.6. The topological polar surface area (TPSA) is 84.2 Å². The van der Waals surface area contributed by atoms with E-state index in [9.17, 15) is 9.59 Å². The minimum absolute atomic E-state index is 0.0690. The molecule has 0 aliphatic heterocycles. The maximum absolute atomic E-state index is 11.6. The zero-order chi connectivity index (χ0) is 13.4.